The lowest BCUT2D eigenvalue weighted by Gasteiger charge is -2.32. The molecule has 0 unspecified atom stereocenters. The molecule has 1 aliphatic heterocycles. The lowest BCUT2D eigenvalue weighted by Crippen LogP contribution is -2.41. The molecule has 1 fully saturated rings. The van der Waals surface area contributed by atoms with Crippen molar-refractivity contribution in [2.24, 2.45) is 13.0 Å². The molecule has 1 amide bonds. The third-order valence-corrected chi connectivity index (χ3v) is 6.14. The number of anilines is 2. The maximum Gasteiger partial charge on any atom is 0.231 e. The van der Waals surface area contributed by atoms with Gasteiger partial charge in [0.2, 0.25) is 17.0 Å². The number of aryl methyl sites for hydroxylation is 1. The van der Waals surface area contributed by atoms with Crippen LogP contribution in [0.1, 0.15) is 37.6 Å². The molecule has 1 aliphatic rings. The Balaban J connectivity index is 1.48. The van der Waals surface area contributed by atoms with E-state index in [1.807, 2.05) is 25.2 Å². The number of piperidine rings is 1. The van der Waals surface area contributed by atoms with Gasteiger partial charge in [-0.05, 0) is 25.0 Å². The van der Waals surface area contributed by atoms with Crippen molar-refractivity contribution < 1.29 is 4.79 Å². The van der Waals surface area contributed by atoms with Crippen LogP contribution < -0.4 is 10.2 Å². The lowest BCUT2D eigenvalue weighted by molar-refractivity contribution is -0.120. The molecule has 142 valence electrons. The predicted octanol–water partition coefficient (Wildman–Crippen LogP) is 3.40. The minimum Gasteiger partial charge on any atom is -0.341 e. The Hall–Kier alpha value is -2.48. The maximum absolute atomic E-state index is 12.8. The smallest absolute Gasteiger partial charge is 0.231 e. The number of rotatable bonds is 4. The Morgan fingerprint density at radius 3 is 2.85 bits per heavy atom. The molecule has 8 heteroatoms. The van der Waals surface area contributed by atoms with Gasteiger partial charge >= 0.3 is 0 Å². The van der Waals surface area contributed by atoms with Crippen LogP contribution >= 0.6 is 11.3 Å². The van der Waals surface area contributed by atoms with Gasteiger partial charge in [-0.2, -0.15) is 0 Å². The molecule has 1 saturated heterocycles. The third kappa shape index (κ3) is 3.53. The Labute approximate surface area is 162 Å². The van der Waals surface area contributed by atoms with Gasteiger partial charge in [-0.25, -0.2) is 4.98 Å². The Morgan fingerprint density at radius 1 is 1.30 bits per heavy atom. The molecule has 1 N–H and O–H groups in total. The standard InChI is InChI=1S/C19H24N6OS/c1-12(2)17-22-23-18(27-17)21-16(26)13-7-6-10-25(11-13)19-20-14-8-4-5-9-15(14)24(19)3/h4-5,8-9,12-13H,6-7,10-11H2,1-3H3,(H,21,23,26)/t13-/m0/s1. The SMILES string of the molecule is CC(C)c1nnc(NC(=O)[C@H]2CCCN(c3nc4ccccc4n3C)C2)s1. The molecule has 0 bridgehead atoms. The summed E-state index contributed by atoms with van der Waals surface area (Å²) in [5.41, 5.74) is 2.09. The van der Waals surface area contributed by atoms with E-state index in [1.165, 1.54) is 11.3 Å². The summed E-state index contributed by atoms with van der Waals surface area (Å²) in [5.74, 6) is 1.18. The molecule has 2 aromatic heterocycles. The average molecular weight is 385 g/mol. The van der Waals surface area contributed by atoms with E-state index in [4.69, 9.17) is 4.98 Å². The van der Waals surface area contributed by atoms with Gasteiger partial charge in [0, 0.05) is 26.1 Å². The summed E-state index contributed by atoms with van der Waals surface area (Å²) in [7, 11) is 2.03. The van der Waals surface area contributed by atoms with Crippen molar-refractivity contribution in [3.8, 4) is 0 Å². The van der Waals surface area contributed by atoms with Crippen molar-refractivity contribution >= 4 is 39.4 Å². The average Bonchev–Trinajstić information content (AvgIpc) is 3.27. The molecule has 4 rings (SSSR count). The van der Waals surface area contributed by atoms with Crippen molar-refractivity contribution in [3.63, 3.8) is 0 Å². The summed E-state index contributed by atoms with van der Waals surface area (Å²) >= 11 is 1.45. The van der Waals surface area contributed by atoms with Crippen LogP contribution in [0.15, 0.2) is 24.3 Å². The number of nitrogens with zero attached hydrogens (tertiary/aromatic N) is 5. The summed E-state index contributed by atoms with van der Waals surface area (Å²) in [5, 5.41) is 12.7. The van der Waals surface area contributed by atoms with Crippen LogP contribution in [0.5, 0.6) is 0 Å². The maximum atomic E-state index is 12.8. The minimum atomic E-state index is -0.0787. The predicted molar refractivity (Wildman–Crippen MR) is 108 cm³/mol. The van der Waals surface area contributed by atoms with Crippen molar-refractivity contribution in [1.29, 1.82) is 0 Å². The number of imidazole rings is 1. The quantitative estimate of drug-likeness (QED) is 0.746. The summed E-state index contributed by atoms with van der Waals surface area (Å²) in [6, 6.07) is 8.11. The molecule has 0 radical (unpaired) electrons. The molecule has 27 heavy (non-hydrogen) atoms. The van der Waals surface area contributed by atoms with E-state index in [0.29, 0.717) is 17.6 Å². The van der Waals surface area contributed by atoms with E-state index in [-0.39, 0.29) is 11.8 Å². The van der Waals surface area contributed by atoms with Crippen LogP contribution in [0, 0.1) is 5.92 Å². The number of amides is 1. The molecular weight excluding hydrogens is 360 g/mol. The van der Waals surface area contributed by atoms with E-state index in [0.717, 1.165) is 41.4 Å². The number of para-hydroxylation sites is 2. The van der Waals surface area contributed by atoms with Crippen LogP contribution in [0.4, 0.5) is 11.1 Å². The number of aromatic nitrogens is 4. The Bertz CT molecular complexity index is 962. The number of carbonyl (C=O) groups is 1. The zero-order valence-electron chi connectivity index (χ0n) is 15.8. The molecule has 0 aliphatic carbocycles. The second-order valence-corrected chi connectivity index (χ2v) is 8.34. The topological polar surface area (TPSA) is 75.9 Å². The highest BCUT2D eigenvalue weighted by Gasteiger charge is 2.29. The second kappa shape index (κ2) is 7.26. The van der Waals surface area contributed by atoms with E-state index in [1.54, 1.807) is 0 Å². The molecule has 1 atom stereocenters. The first-order valence-corrected chi connectivity index (χ1v) is 10.1. The zero-order chi connectivity index (χ0) is 19.0. The van der Waals surface area contributed by atoms with Gasteiger partial charge in [0.1, 0.15) is 5.01 Å². The Morgan fingerprint density at radius 2 is 2.11 bits per heavy atom. The fraction of sp³-hybridized carbons (Fsp3) is 0.474. The normalized spacial score (nSPS) is 17.6. The van der Waals surface area contributed by atoms with Gasteiger partial charge in [0.25, 0.3) is 0 Å². The highest BCUT2D eigenvalue weighted by atomic mass is 32.1. The fourth-order valence-electron chi connectivity index (χ4n) is 3.51. The van der Waals surface area contributed by atoms with E-state index < -0.39 is 0 Å². The monoisotopic (exact) mass is 384 g/mol. The second-order valence-electron chi connectivity index (χ2n) is 7.33. The number of nitrogens with one attached hydrogen (secondary N) is 1. The molecule has 3 heterocycles. The van der Waals surface area contributed by atoms with Gasteiger partial charge in [-0.3, -0.25) is 4.79 Å². The van der Waals surface area contributed by atoms with Crippen molar-refractivity contribution in [2.75, 3.05) is 23.3 Å². The van der Waals surface area contributed by atoms with Gasteiger partial charge in [-0.1, -0.05) is 37.3 Å². The first-order chi connectivity index (χ1) is 13.0. The lowest BCUT2D eigenvalue weighted by atomic mass is 9.97. The largest absolute Gasteiger partial charge is 0.341 e. The minimum absolute atomic E-state index is 0.0184. The first kappa shape index (κ1) is 17.9. The number of fused-ring (bicyclic) bond motifs is 1. The highest BCUT2D eigenvalue weighted by molar-refractivity contribution is 7.15. The van der Waals surface area contributed by atoms with Crippen LogP contribution in [0.3, 0.4) is 0 Å². The van der Waals surface area contributed by atoms with E-state index in [2.05, 4.69) is 44.9 Å². The van der Waals surface area contributed by atoms with Crippen LogP contribution in [0.2, 0.25) is 0 Å². The molecule has 0 spiro atoms. The van der Waals surface area contributed by atoms with E-state index in [9.17, 15) is 4.79 Å². The number of benzene rings is 1. The van der Waals surface area contributed by atoms with Gasteiger partial charge < -0.3 is 14.8 Å². The summed E-state index contributed by atoms with van der Waals surface area (Å²) in [4.78, 5) is 19.7. The zero-order valence-corrected chi connectivity index (χ0v) is 16.7. The number of hydrogen-bond donors (Lipinski definition) is 1. The molecular formula is C19H24N6OS. The number of carbonyl (C=O) groups excluding carboxylic acids is 1. The molecule has 3 aromatic rings. The third-order valence-electron chi connectivity index (χ3n) is 5.00. The van der Waals surface area contributed by atoms with Crippen molar-refractivity contribution in [1.82, 2.24) is 19.7 Å². The van der Waals surface area contributed by atoms with Gasteiger partial charge in [0.15, 0.2) is 0 Å². The van der Waals surface area contributed by atoms with E-state index >= 15 is 0 Å². The van der Waals surface area contributed by atoms with Gasteiger partial charge in [-0.15, -0.1) is 10.2 Å². The summed E-state index contributed by atoms with van der Waals surface area (Å²) in [6.07, 6.45) is 1.84. The highest BCUT2D eigenvalue weighted by Crippen LogP contribution is 2.27. The first-order valence-electron chi connectivity index (χ1n) is 9.33. The van der Waals surface area contributed by atoms with Crippen LogP contribution in [-0.2, 0) is 11.8 Å². The van der Waals surface area contributed by atoms with Crippen LogP contribution in [-0.4, -0.2) is 38.7 Å². The molecule has 7 nitrogen and oxygen atoms in total. The summed E-state index contributed by atoms with van der Waals surface area (Å²) in [6.45, 7) is 5.72. The summed E-state index contributed by atoms with van der Waals surface area (Å²) < 4.78 is 2.11. The fourth-order valence-corrected chi connectivity index (χ4v) is 4.26. The van der Waals surface area contributed by atoms with Crippen molar-refractivity contribution in [3.05, 3.63) is 29.3 Å². The molecule has 0 saturated carbocycles. The van der Waals surface area contributed by atoms with Crippen molar-refractivity contribution in [2.45, 2.75) is 32.6 Å². The van der Waals surface area contributed by atoms with Gasteiger partial charge in [0.05, 0.1) is 17.0 Å². The Kier molecular flexibility index (Phi) is 4.82. The van der Waals surface area contributed by atoms with Crippen LogP contribution in [0.25, 0.3) is 11.0 Å². The molecule has 1 aromatic carbocycles. The number of hydrogen-bond acceptors (Lipinski definition) is 6.